The zero-order chi connectivity index (χ0) is 22.8. The number of hydrogen-bond acceptors (Lipinski definition) is 5. The molecule has 0 fully saturated rings. The van der Waals surface area contributed by atoms with Gasteiger partial charge in [-0.05, 0) is 56.3 Å². The molecule has 3 heterocycles. The summed E-state index contributed by atoms with van der Waals surface area (Å²) in [4.78, 5) is 22.0. The Morgan fingerprint density at radius 2 is 1.79 bits per heavy atom. The summed E-state index contributed by atoms with van der Waals surface area (Å²) < 4.78 is 7.43. The first-order chi connectivity index (χ1) is 16.1. The maximum Gasteiger partial charge on any atom is 0.259 e. The van der Waals surface area contributed by atoms with Gasteiger partial charge >= 0.3 is 0 Å². The van der Waals surface area contributed by atoms with Gasteiger partial charge < -0.3 is 9.73 Å². The Morgan fingerprint density at radius 1 is 0.970 bits per heavy atom. The molecule has 0 radical (unpaired) electrons. The maximum absolute atomic E-state index is 13.3. The minimum absolute atomic E-state index is 0.270. The largest absolute Gasteiger partial charge is 0.441 e. The number of pyridine rings is 1. The molecule has 0 bridgehead atoms. The van der Waals surface area contributed by atoms with Gasteiger partial charge in [0.2, 0.25) is 5.89 Å². The molecule has 0 aliphatic rings. The highest BCUT2D eigenvalue weighted by molar-refractivity contribution is 6.08. The molecule has 3 aromatic heterocycles. The molecule has 7 nitrogen and oxygen atoms in total. The van der Waals surface area contributed by atoms with Gasteiger partial charge in [-0.15, -0.1) is 0 Å². The molecule has 162 valence electrons. The number of rotatable bonds is 5. The van der Waals surface area contributed by atoms with Crippen molar-refractivity contribution in [2.75, 3.05) is 5.32 Å². The Morgan fingerprint density at radius 3 is 2.52 bits per heavy atom. The molecule has 1 N–H and O–H groups in total. The molecule has 0 aliphatic heterocycles. The van der Waals surface area contributed by atoms with Crippen LogP contribution in [0.5, 0.6) is 0 Å². The van der Waals surface area contributed by atoms with Crippen LogP contribution in [0.15, 0.2) is 89.7 Å². The van der Waals surface area contributed by atoms with Crippen molar-refractivity contribution in [3.8, 4) is 28.4 Å². The predicted molar refractivity (Wildman–Crippen MR) is 126 cm³/mol. The first-order valence-corrected chi connectivity index (χ1v) is 10.5. The van der Waals surface area contributed by atoms with Crippen LogP contribution < -0.4 is 5.32 Å². The molecule has 0 saturated carbocycles. The molecule has 5 rings (SSSR count). The second-order valence-corrected chi connectivity index (χ2v) is 7.61. The number of aromatic nitrogens is 4. The van der Waals surface area contributed by atoms with E-state index in [1.807, 2.05) is 80.6 Å². The third-order valence-electron chi connectivity index (χ3n) is 5.31. The lowest BCUT2D eigenvalue weighted by atomic mass is 10.1. The Bertz CT molecular complexity index is 1400. The number of nitrogens with one attached hydrogen (secondary N) is 1. The van der Waals surface area contributed by atoms with E-state index in [4.69, 9.17) is 4.42 Å². The number of anilines is 1. The second-order valence-electron chi connectivity index (χ2n) is 7.61. The third kappa shape index (κ3) is 4.16. The number of nitrogens with zero attached hydrogens (tertiary/aromatic N) is 4. The number of carbonyl (C=O) groups is 1. The Kier molecular flexibility index (Phi) is 5.28. The van der Waals surface area contributed by atoms with Crippen LogP contribution in [0.25, 0.3) is 28.4 Å². The highest BCUT2D eigenvalue weighted by Gasteiger charge is 2.19. The number of hydrogen-bond donors (Lipinski definition) is 1. The lowest BCUT2D eigenvalue weighted by molar-refractivity contribution is 0.102. The van der Waals surface area contributed by atoms with Crippen molar-refractivity contribution in [3.05, 3.63) is 102 Å². The van der Waals surface area contributed by atoms with Crippen LogP contribution in [0.2, 0.25) is 0 Å². The molecule has 0 spiro atoms. The first-order valence-electron chi connectivity index (χ1n) is 10.5. The fourth-order valence-corrected chi connectivity index (χ4v) is 3.49. The van der Waals surface area contributed by atoms with Crippen molar-refractivity contribution in [2.45, 2.75) is 13.8 Å². The summed E-state index contributed by atoms with van der Waals surface area (Å²) in [6.45, 7) is 3.78. The normalized spacial score (nSPS) is 10.8. The minimum Gasteiger partial charge on any atom is -0.441 e. The fourth-order valence-electron chi connectivity index (χ4n) is 3.49. The van der Waals surface area contributed by atoms with Crippen molar-refractivity contribution in [2.24, 2.45) is 0 Å². The quantitative estimate of drug-likeness (QED) is 0.396. The highest BCUT2D eigenvalue weighted by Crippen LogP contribution is 2.27. The summed E-state index contributed by atoms with van der Waals surface area (Å²) in [5, 5.41) is 7.66. The zero-order valence-electron chi connectivity index (χ0n) is 18.2. The lowest BCUT2D eigenvalue weighted by Gasteiger charge is -2.06. The Balaban J connectivity index is 1.49. The van der Waals surface area contributed by atoms with E-state index in [0.717, 1.165) is 28.3 Å². The van der Waals surface area contributed by atoms with Crippen molar-refractivity contribution < 1.29 is 9.21 Å². The number of benzene rings is 2. The summed E-state index contributed by atoms with van der Waals surface area (Å²) >= 11 is 0. The maximum atomic E-state index is 13.3. The van der Waals surface area contributed by atoms with Crippen LogP contribution in [-0.2, 0) is 0 Å². The van der Waals surface area contributed by atoms with Gasteiger partial charge in [-0.25, -0.2) is 9.67 Å². The van der Waals surface area contributed by atoms with Crippen molar-refractivity contribution in [1.29, 1.82) is 0 Å². The summed E-state index contributed by atoms with van der Waals surface area (Å²) in [6, 6.07) is 20.8. The smallest absolute Gasteiger partial charge is 0.259 e. The van der Waals surface area contributed by atoms with Gasteiger partial charge in [0.05, 0.1) is 16.9 Å². The standard InChI is InChI=1S/C26H21N5O2/c1-17-18(2)33-26(28-17)19-8-6-10-21(14-19)29-25(32)23-16-31(22-11-4-3-5-12-22)30-24(23)20-9-7-13-27-15-20/h3-16H,1-2H3,(H,29,32). The summed E-state index contributed by atoms with van der Waals surface area (Å²) in [5.74, 6) is 1.02. The Hall–Kier alpha value is -4.52. The fraction of sp³-hybridized carbons (Fsp3) is 0.0769. The molecule has 0 saturated heterocycles. The number of oxazole rings is 1. The summed E-state index contributed by atoms with van der Waals surface area (Å²) in [7, 11) is 0. The van der Waals surface area contributed by atoms with Gasteiger partial charge in [-0.2, -0.15) is 5.10 Å². The third-order valence-corrected chi connectivity index (χ3v) is 5.31. The SMILES string of the molecule is Cc1nc(-c2cccc(NC(=O)c3cn(-c4ccccc4)nc3-c3cccnc3)c2)oc1C. The van der Waals surface area contributed by atoms with E-state index in [9.17, 15) is 4.79 Å². The van der Waals surface area contributed by atoms with Crippen LogP contribution in [0.3, 0.4) is 0 Å². The van der Waals surface area contributed by atoms with Crippen molar-refractivity contribution in [1.82, 2.24) is 19.7 Å². The highest BCUT2D eigenvalue weighted by atomic mass is 16.4. The van der Waals surface area contributed by atoms with E-state index in [-0.39, 0.29) is 5.91 Å². The van der Waals surface area contributed by atoms with Crippen LogP contribution >= 0.6 is 0 Å². The van der Waals surface area contributed by atoms with Gasteiger partial charge in [0.1, 0.15) is 11.5 Å². The van der Waals surface area contributed by atoms with E-state index in [2.05, 4.69) is 20.4 Å². The van der Waals surface area contributed by atoms with Gasteiger partial charge in [-0.1, -0.05) is 24.3 Å². The number of aryl methyl sites for hydroxylation is 2. The number of amides is 1. The molecule has 0 aliphatic carbocycles. The van der Waals surface area contributed by atoms with Crippen LogP contribution in [0.4, 0.5) is 5.69 Å². The molecule has 33 heavy (non-hydrogen) atoms. The average molecular weight is 435 g/mol. The van der Waals surface area contributed by atoms with Crippen molar-refractivity contribution >= 4 is 11.6 Å². The van der Waals surface area contributed by atoms with E-state index < -0.39 is 0 Å². The topological polar surface area (TPSA) is 85.8 Å². The van der Waals surface area contributed by atoms with Gasteiger partial charge in [0.15, 0.2) is 0 Å². The summed E-state index contributed by atoms with van der Waals surface area (Å²) in [5.41, 5.74) is 4.88. The van der Waals surface area contributed by atoms with Crippen LogP contribution in [0.1, 0.15) is 21.8 Å². The van der Waals surface area contributed by atoms with Crippen LogP contribution in [-0.4, -0.2) is 25.7 Å². The predicted octanol–water partition coefficient (Wildman–Crippen LogP) is 5.46. The molecule has 7 heteroatoms. The molecule has 0 unspecified atom stereocenters. The summed E-state index contributed by atoms with van der Waals surface area (Å²) in [6.07, 6.45) is 5.12. The zero-order valence-corrected chi connectivity index (χ0v) is 18.2. The number of carbonyl (C=O) groups excluding carboxylic acids is 1. The van der Waals surface area contributed by atoms with Gasteiger partial charge in [0, 0.05) is 35.4 Å². The molecule has 2 aromatic carbocycles. The van der Waals surface area contributed by atoms with Gasteiger partial charge in [-0.3, -0.25) is 9.78 Å². The monoisotopic (exact) mass is 435 g/mol. The Labute approximate surface area is 190 Å². The van der Waals surface area contributed by atoms with E-state index in [1.54, 1.807) is 23.3 Å². The van der Waals surface area contributed by atoms with E-state index in [0.29, 0.717) is 22.8 Å². The number of para-hydroxylation sites is 1. The van der Waals surface area contributed by atoms with Crippen molar-refractivity contribution in [3.63, 3.8) is 0 Å². The molecular formula is C26H21N5O2. The molecule has 0 atom stereocenters. The lowest BCUT2D eigenvalue weighted by Crippen LogP contribution is -2.12. The van der Waals surface area contributed by atoms with E-state index in [1.165, 1.54) is 0 Å². The molecule has 5 aromatic rings. The van der Waals surface area contributed by atoms with Gasteiger partial charge in [0.25, 0.3) is 5.91 Å². The van der Waals surface area contributed by atoms with Crippen LogP contribution in [0, 0.1) is 13.8 Å². The first kappa shape index (κ1) is 20.4. The molecule has 1 amide bonds. The average Bonchev–Trinajstić information content (AvgIpc) is 3.44. The minimum atomic E-state index is -0.270. The van der Waals surface area contributed by atoms with E-state index >= 15 is 0 Å². The molecular weight excluding hydrogens is 414 g/mol. The second kappa shape index (κ2) is 8.55.